The van der Waals surface area contributed by atoms with E-state index in [0.717, 1.165) is 43.4 Å². The van der Waals surface area contributed by atoms with Gasteiger partial charge < -0.3 is 19.1 Å². The van der Waals surface area contributed by atoms with Crippen LogP contribution in [-0.2, 0) is 4.74 Å². The Hall–Kier alpha value is -1.33. The van der Waals surface area contributed by atoms with Crippen LogP contribution in [-0.4, -0.2) is 44.9 Å². The first-order valence-corrected chi connectivity index (χ1v) is 11.9. The molecule has 29 heavy (non-hydrogen) atoms. The molecule has 1 saturated heterocycles. The van der Waals surface area contributed by atoms with E-state index < -0.39 is 0 Å². The zero-order valence-electron chi connectivity index (χ0n) is 18.4. The SMILES string of the molecule is CCCCCCCCCCCCOc1ccc(N2CCOCC2C=S)cc1OC. The van der Waals surface area contributed by atoms with Gasteiger partial charge in [0.25, 0.3) is 0 Å². The summed E-state index contributed by atoms with van der Waals surface area (Å²) in [6.45, 7) is 5.21. The monoisotopic (exact) mass is 421 g/mol. The molecule has 0 spiro atoms. The van der Waals surface area contributed by atoms with Crippen molar-refractivity contribution >= 4 is 23.3 Å². The molecule has 0 amide bonds. The largest absolute Gasteiger partial charge is 0.493 e. The number of nitrogens with zero attached hydrogens (tertiary/aromatic N) is 1. The summed E-state index contributed by atoms with van der Waals surface area (Å²) in [6.07, 6.45) is 13.3. The summed E-state index contributed by atoms with van der Waals surface area (Å²) in [5.74, 6) is 1.60. The van der Waals surface area contributed by atoms with Crippen molar-refractivity contribution in [3.63, 3.8) is 0 Å². The third-order valence-electron chi connectivity index (χ3n) is 5.56. The lowest BCUT2D eigenvalue weighted by atomic mass is 10.1. The standard InChI is InChI=1S/C24H39NO3S/c1-3-4-5-6-7-8-9-10-11-12-16-28-23-14-13-21(18-24(23)26-2)25-15-17-27-19-22(25)20-29/h13-14,18,20,22H,3-12,15-17,19H2,1-2H3. The molecule has 0 bridgehead atoms. The van der Waals surface area contributed by atoms with Gasteiger partial charge in [-0.3, -0.25) is 0 Å². The van der Waals surface area contributed by atoms with E-state index in [9.17, 15) is 0 Å². The van der Waals surface area contributed by atoms with Gasteiger partial charge in [-0.2, -0.15) is 0 Å². The van der Waals surface area contributed by atoms with Gasteiger partial charge in [-0.15, -0.1) is 0 Å². The van der Waals surface area contributed by atoms with E-state index in [1.54, 1.807) is 12.5 Å². The van der Waals surface area contributed by atoms with Crippen molar-refractivity contribution in [1.29, 1.82) is 0 Å². The number of rotatable bonds is 15. The average molecular weight is 422 g/mol. The first-order valence-electron chi connectivity index (χ1n) is 11.4. The van der Waals surface area contributed by atoms with Crippen LogP contribution in [0.1, 0.15) is 71.1 Å². The molecule has 0 radical (unpaired) electrons. The molecule has 4 nitrogen and oxygen atoms in total. The third-order valence-corrected chi connectivity index (χ3v) is 5.87. The van der Waals surface area contributed by atoms with Crippen molar-refractivity contribution < 1.29 is 14.2 Å². The molecule has 5 heteroatoms. The number of hydrogen-bond acceptors (Lipinski definition) is 5. The van der Waals surface area contributed by atoms with Crippen LogP contribution < -0.4 is 14.4 Å². The smallest absolute Gasteiger partial charge is 0.162 e. The Kier molecular flexibility index (Phi) is 12.1. The predicted octanol–water partition coefficient (Wildman–Crippen LogP) is 6.20. The lowest BCUT2D eigenvalue weighted by Gasteiger charge is -2.35. The van der Waals surface area contributed by atoms with Crippen molar-refractivity contribution in [2.24, 2.45) is 0 Å². The second-order valence-electron chi connectivity index (χ2n) is 7.84. The Labute approximate surface area is 182 Å². The highest BCUT2D eigenvalue weighted by molar-refractivity contribution is 7.79. The van der Waals surface area contributed by atoms with Gasteiger partial charge in [0, 0.05) is 23.7 Å². The highest BCUT2D eigenvalue weighted by Crippen LogP contribution is 2.33. The Morgan fingerprint density at radius 3 is 2.38 bits per heavy atom. The fourth-order valence-corrected chi connectivity index (χ4v) is 4.01. The summed E-state index contributed by atoms with van der Waals surface area (Å²) in [5.41, 5.74) is 1.10. The van der Waals surface area contributed by atoms with Crippen molar-refractivity contribution in [3.8, 4) is 11.5 Å². The molecule has 1 atom stereocenters. The van der Waals surface area contributed by atoms with Gasteiger partial charge in [0.2, 0.25) is 0 Å². The van der Waals surface area contributed by atoms with E-state index in [1.807, 2.05) is 12.1 Å². The molecule has 0 aliphatic carbocycles. The maximum absolute atomic E-state index is 6.00. The number of hydrogen-bond donors (Lipinski definition) is 0. The molecule has 2 rings (SSSR count). The van der Waals surface area contributed by atoms with Crippen LogP contribution in [0.15, 0.2) is 18.2 Å². The summed E-state index contributed by atoms with van der Waals surface area (Å²) in [7, 11) is 1.70. The molecule has 0 aromatic heterocycles. The van der Waals surface area contributed by atoms with Gasteiger partial charge in [0.05, 0.1) is 33.0 Å². The summed E-state index contributed by atoms with van der Waals surface area (Å²) in [5, 5.41) is 1.78. The van der Waals surface area contributed by atoms with E-state index in [0.29, 0.717) is 6.61 Å². The number of unbranched alkanes of at least 4 members (excludes halogenated alkanes) is 9. The van der Waals surface area contributed by atoms with E-state index in [-0.39, 0.29) is 6.04 Å². The minimum Gasteiger partial charge on any atom is -0.493 e. The topological polar surface area (TPSA) is 30.9 Å². The van der Waals surface area contributed by atoms with Gasteiger partial charge in [-0.05, 0) is 18.6 Å². The summed E-state index contributed by atoms with van der Waals surface area (Å²) in [6, 6.07) is 6.28. The van der Waals surface area contributed by atoms with Gasteiger partial charge in [0.15, 0.2) is 11.5 Å². The Morgan fingerprint density at radius 1 is 1.03 bits per heavy atom. The molecule has 0 N–H and O–H groups in total. The van der Waals surface area contributed by atoms with Crippen LogP contribution >= 0.6 is 12.2 Å². The van der Waals surface area contributed by atoms with Crippen LogP contribution in [0, 0.1) is 0 Å². The van der Waals surface area contributed by atoms with E-state index in [1.165, 1.54) is 57.8 Å². The number of anilines is 1. The van der Waals surface area contributed by atoms with Crippen molar-refractivity contribution in [2.45, 2.75) is 77.2 Å². The first-order chi connectivity index (χ1) is 14.3. The number of benzene rings is 1. The summed E-state index contributed by atoms with van der Waals surface area (Å²) < 4.78 is 17.1. The Balaban J connectivity index is 1.68. The zero-order chi connectivity index (χ0) is 20.7. The van der Waals surface area contributed by atoms with Crippen LogP contribution in [0.3, 0.4) is 0 Å². The highest BCUT2D eigenvalue weighted by Gasteiger charge is 2.22. The fourth-order valence-electron chi connectivity index (χ4n) is 3.78. The zero-order valence-corrected chi connectivity index (χ0v) is 19.2. The molecular formula is C24H39NO3S. The lowest BCUT2D eigenvalue weighted by molar-refractivity contribution is 0.111. The first kappa shape index (κ1) is 23.9. The quantitative estimate of drug-likeness (QED) is 0.249. The molecule has 164 valence electrons. The second-order valence-corrected chi connectivity index (χ2v) is 8.11. The molecule has 1 aliphatic rings. The van der Waals surface area contributed by atoms with Crippen LogP contribution in [0.25, 0.3) is 0 Å². The summed E-state index contributed by atoms with van der Waals surface area (Å²) in [4.78, 5) is 2.27. The lowest BCUT2D eigenvalue weighted by Crippen LogP contribution is -2.46. The number of morpholine rings is 1. The summed E-state index contributed by atoms with van der Waals surface area (Å²) >= 11 is 5.17. The Morgan fingerprint density at radius 2 is 1.72 bits per heavy atom. The van der Waals surface area contributed by atoms with Crippen LogP contribution in [0.4, 0.5) is 5.69 Å². The third kappa shape index (κ3) is 8.51. The molecule has 1 aliphatic heterocycles. The molecule has 1 aromatic rings. The molecule has 0 saturated carbocycles. The van der Waals surface area contributed by atoms with E-state index >= 15 is 0 Å². The average Bonchev–Trinajstić information content (AvgIpc) is 2.77. The van der Waals surface area contributed by atoms with Gasteiger partial charge >= 0.3 is 0 Å². The minimum absolute atomic E-state index is 0.127. The van der Waals surface area contributed by atoms with Crippen LogP contribution in [0.5, 0.6) is 11.5 Å². The Bertz CT molecular complexity index is 581. The number of ether oxygens (including phenoxy) is 3. The fraction of sp³-hybridized carbons (Fsp3) is 0.708. The van der Waals surface area contributed by atoms with Gasteiger partial charge in [-0.25, -0.2) is 0 Å². The van der Waals surface area contributed by atoms with E-state index in [4.69, 9.17) is 26.4 Å². The van der Waals surface area contributed by atoms with Crippen molar-refractivity contribution in [1.82, 2.24) is 0 Å². The van der Waals surface area contributed by atoms with E-state index in [2.05, 4.69) is 17.9 Å². The number of thiocarbonyl (C=S) groups is 1. The second kappa shape index (κ2) is 14.6. The van der Waals surface area contributed by atoms with Crippen LogP contribution in [0.2, 0.25) is 0 Å². The minimum atomic E-state index is 0.127. The normalized spacial score (nSPS) is 16.6. The van der Waals surface area contributed by atoms with Crippen molar-refractivity contribution in [3.05, 3.63) is 18.2 Å². The maximum atomic E-state index is 6.00. The highest BCUT2D eigenvalue weighted by atomic mass is 32.1. The molecule has 1 heterocycles. The molecular weight excluding hydrogens is 382 g/mol. The molecule has 1 aromatic carbocycles. The predicted molar refractivity (Wildman–Crippen MR) is 126 cm³/mol. The van der Waals surface area contributed by atoms with Gasteiger partial charge in [0.1, 0.15) is 0 Å². The van der Waals surface area contributed by atoms with Gasteiger partial charge in [-0.1, -0.05) is 76.9 Å². The maximum Gasteiger partial charge on any atom is 0.162 e. The number of methoxy groups -OCH3 is 1. The molecule has 1 fully saturated rings. The van der Waals surface area contributed by atoms with Crippen molar-refractivity contribution in [2.75, 3.05) is 38.4 Å². The molecule has 1 unspecified atom stereocenters.